The molecule has 23 heavy (non-hydrogen) atoms. The molecule has 120 valence electrons. The molecule has 1 amide bonds. The van der Waals surface area contributed by atoms with Gasteiger partial charge in [-0.05, 0) is 42.8 Å². The van der Waals surface area contributed by atoms with Crippen LogP contribution in [0.3, 0.4) is 0 Å². The second kappa shape index (κ2) is 7.49. The van der Waals surface area contributed by atoms with Crippen LogP contribution in [0.2, 0.25) is 0 Å². The number of amides is 1. The van der Waals surface area contributed by atoms with E-state index in [0.29, 0.717) is 11.3 Å². The Bertz CT molecular complexity index is 692. The van der Waals surface area contributed by atoms with Gasteiger partial charge in [-0.25, -0.2) is 0 Å². The standard InChI is InChI=1S/C19H21NO3/c1-5-14-6-8-15(9-7-14)19(21)20-13(2)17-12-16(22-3)10-11-18(17)23-4/h5-13H,1H2,2-4H3,(H,20,21). The number of nitrogens with one attached hydrogen (secondary N) is 1. The molecule has 0 radical (unpaired) electrons. The quantitative estimate of drug-likeness (QED) is 0.882. The first kappa shape index (κ1) is 16.6. The fraction of sp³-hybridized carbons (Fsp3) is 0.211. The van der Waals surface area contributed by atoms with Crippen LogP contribution in [0, 0.1) is 0 Å². The minimum absolute atomic E-state index is 0.141. The summed E-state index contributed by atoms with van der Waals surface area (Å²) in [5, 5.41) is 2.98. The molecule has 2 aromatic rings. The highest BCUT2D eigenvalue weighted by atomic mass is 16.5. The highest BCUT2D eigenvalue weighted by molar-refractivity contribution is 5.94. The Morgan fingerprint density at radius 1 is 1.13 bits per heavy atom. The van der Waals surface area contributed by atoms with E-state index < -0.39 is 0 Å². The van der Waals surface area contributed by atoms with Gasteiger partial charge in [-0.2, -0.15) is 0 Å². The van der Waals surface area contributed by atoms with Crippen LogP contribution >= 0.6 is 0 Å². The number of carbonyl (C=O) groups excluding carboxylic acids is 1. The van der Waals surface area contributed by atoms with Crippen LogP contribution in [0.15, 0.2) is 49.0 Å². The van der Waals surface area contributed by atoms with Crippen molar-refractivity contribution in [3.63, 3.8) is 0 Å². The maximum absolute atomic E-state index is 12.4. The Balaban J connectivity index is 2.18. The Morgan fingerprint density at radius 3 is 2.39 bits per heavy atom. The summed E-state index contributed by atoms with van der Waals surface area (Å²) in [4.78, 5) is 12.4. The normalized spacial score (nSPS) is 11.4. The number of benzene rings is 2. The lowest BCUT2D eigenvalue weighted by molar-refractivity contribution is 0.0939. The summed E-state index contributed by atoms with van der Waals surface area (Å²) in [5.41, 5.74) is 2.44. The summed E-state index contributed by atoms with van der Waals surface area (Å²) in [7, 11) is 3.21. The molecule has 1 N–H and O–H groups in total. The number of rotatable bonds is 6. The Kier molecular flexibility index (Phi) is 5.41. The minimum Gasteiger partial charge on any atom is -0.497 e. The number of ether oxygens (including phenoxy) is 2. The van der Waals surface area contributed by atoms with Gasteiger partial charge in [-0.1, -0.05) is 24.8 Å². The first-order valence-electron chi connectivity index (χ1n) is 7.34. The summed E-state index contributed by atoms with van der Waals surface area (Å²) >= 11 is 0. The third-order valence-corrected chi connectivity index (χ3v) is 3.66. The van der Waals surface area contributed by atoms with Gasteiger partial charge in [-0.15, -0.1) is 0 Å². The van der Waals surface area contributed by atoms with Crippen molar-refractivity contribution in [2.24, 2.45) is 0 Å². The molecule has 2 aromatic carbocycles. The van der Waals surface area contributed by atoms with Gasteiger partial charge in [-0.3, -0.25) is 4.79 Å². The van der Waals surface area contributed by atoms with E-state index in [0.717, 1.165) is 16.9 Å². The second-order valence-electron chi connectivity index (χ2n) is 5.13. The van der Waals surface area contributed by atoms with Crippen LogP contribution in [0.4, 0.5) is 0 Å². The fourth-order valence-corrected chi connectivity index (χ4v) is 2.31. The van der Waals surface area contributed by atoms with Gasteiger partial charge in [0.2, 0.25) is 0 Å². The average Bonchev–Trinajstić information content (AvgIpc) is 2.61. The molecule has 0 aromatic heterocycles. The first-order chi connectivity index (χ1) is 11.1. The molecule has 0 saturated heterocycles. The van der Waals surface area contributed by atoms with Crippen molar-refractivity contribution in [1.29, 1.82) is 0 Å². The zero-order valence-corrected chi connectivity index (χ0v) is 13.6. The zero-order valence-electron chi connectivity index (χ0n) is 13.6. The van der Waals surface area contributed by atoms with E-state index in [4.69, 9.17) is 9.47 Å². The van der Waals surface area contributed by atoms with Gasteiger partial charge in [0.05, 0.1) is 20.3 Å². The van der Waals surface area contributed by atoms with Crippen LogP contribution in [0.25, 0.3) is 6.08 Å². The molecule has 0 fully saturated rings. The SMILES string of the molecule is C=Cc1ccc(C(=O)NC(C)c2cc(OC)ccc2OC)cc1. The molecule has 0 aliphatic heterocycles. The zero-order chi connectivity index (χ0) is 16.8. The highest BCUT2D eigenvalue weighted by Gasteiger charge is 2.16. The van der Waals surface area contributed by atoms with E-state index in [1.54, 1.807) is 32.4 Å². The predicted molar refractivity (Wildman–Crippen MR) is 92.0 cm³/mol. The molecule has 0 heterocycles. The van der Waals surface area contributed by atoms with Gasteiger partial charge in [0.15, 0.2) is 0 Å². The van der Waals surface area contributed by atoms with E-state index in [2.05, 4.69) is 11.9 Å². The van der Waals surface area contributed by atoms with E-state index in [-0.39, 0.29) is 11.9 Å². The molecular weight excluding hydrogens is 290 g/mol. The van der Waals surface area contributed by atoms with Crippen molar-refractivity contribution in [3.05, 3.63) is 65.7 Å². The van der Waals surface area contributed by atoms with Crippen molar-refractivity contribution in [2.45, 2.75) is 13.0 Å². The van der Waals surface area contributed by atoms with Crippen LogP contribution in [-0.4, -0.2) is 20.1 Å². The molecular formula is C19H21NO3. The molecule has 0 spiro atoms. The molecule has 4 heteroatoms. The van der Waals surface area contributed by atoms with Gasteiger partial charge in [0, 0.05) is 11.1 Å². The van der Waals surface area contributed by atoms with E-state index in [9.17, 15) is 4.79 Å². The molecule has 2 rings (SSSR count). The van der Waals surface area contributed by atoms with E-state index in [1.807, 2.05) is 37.3 Å². The van der Waals surface area contributed by atoms with Crippen LogP contribution < -0.4 is 14.8 Å². The molecule has 1 unspecified atom stereocenters. The van der Waals surface area contributed by atoms with Crippen molar-refractivity contribution in [3.8, 4) is 11.5 Å². The summed E-state index contributed by atoms with van der Waals surface area (Å²) in [6.07, 6.45) is 1.74. The Morgan fingerprint density at radius 2 is 1.83 bits per heavy atom. The molecule has 0 saturated carbocycles. The lowest BCUT2D eigenvalue weighted by Gasteiger charge is -2.18. The second-order valence-corrected chi connectivity index (χ2v) is 5.13. The van der Waals surface area contributed by atoms with Gasteiger partial charge < -0.3 is 14.8 Å². The minimum atomic E-state index is -0.216. The maximum atomic E-state index is 12.4. The number of methoxy groups -OCH3 is 2. The smallest absolute Gasteiger partial charge is 0.251 e. The lowest BCUT2D eigenvalue weighted by atomic mass is 10.1. The highest BCUT2D eigenvalue weighted by Crippen LogP contribution is 2.29. The summed E-state index contributed by atoms with van der Waals surface area (Å²) < 4.78 is 10.6. The molecule has 0 aliphatic carbocycles. The monoisotopic (exact) mass is 311 g/mol. The third-order valence-electron chi connectivity index (χ3n) is 3.66. The van der Waals surface area contributed by atoms with Crippen LogP contribution in [-0.2, 0) is 0 Å². The van der Waals surface area contributed by atoms with Crippen molar-refractivity contribution >= 4 is 12.0 Å². The Hall–Kier alpha value is -2.75. The molecule has 0 bridgehead atoms. The van der Waals surface area contributed by atoms with Crippen molar-refractivity contribution in [1.82, 2.24) is 5.32 Å². The van der Waals surface area contributed by atoms with Gasteiger partial charge >= 0.3 is 0 Å². The Labute approximate surface area is 136 Å². The van der Waals surface area contributed by atoms with Crippen LogP contribution in [0.1, 0.15) is 34.5 Å². The number of hydrogen-bond donors (Lipinski definition) is 1. The predicted octanol–water partition coefficient (Wildman–Crippen LogP) is 3.84. The third kappa shape index (κ3) is 3.92. The summed E-state index contributed by atoms with van der Waals surface area (Å²) in [6.45, 7) is 5.61. The van der Waals surface area contributed by atoms with Crippen LogP contribution in [0.5, 0.6) is 11.5 Å². The summed E-state index contributed by atoms with van der Waals surface area (Å²) in [6, 6.07) is 12.6. The average molecular weight is 311 g/mol. The van der Waals surface area contributed by atoms with Crippen molar-refractivity contribution in [2.75, 3.05) is 14.2 Å². The van der Waals surface area contributed by atoms with E-state index >= 15 is 0 Å². The van der Waals surface area contributed by atoms with Gasteiger partial charge in [0.25, 0.3) is 5.91 Å². The summed E-state index contributed by atoms with van der Waals surface area (Å²) in [5.74, 6) is 1.29. The molecule has 1 atom stereocenters. The topological polar surface area (TPSA) is 47.6 Å². The number of carbonyl (C=O) groups is 1. The number of hydrogen-bond acceptors (Lipinski definition) is 3. The largest absolute Gasteiger partial charge is 0.497 e. The fourth-order valence-electron chi connectivity index (χ4n) is 2.31. The van der Waals surface area contributed by atoms with Crippen molar-refractivity contribution < 1.29 is 14.3 Å². The molecule has 4 nitrogen and oxygen atoms in total. The first-order valence-corrected chi connectivity index (χ1v) is 7.34. The molecule has 0 aliphatic rings. The van der Waals surface area contributed by atoms with E-state index in [1.165, 1.54) is 0 Å². The lowest BCUT2D eigenvalue weighted by Crippen LogP contribution is -2.26. The maximum Gasteiger partial charge on any atom is 0.251 e. The van der Waals surface area contributed by atoms with Gasteiger partial charge in [0.1, 0.15) is 11.5 Å².